The zero-order valence-electron chi connectivity index (χ0n) is 37.0. The summed E-state index contributed by atoms with van der Waals surface area (Å²) in [5.41, 5.74) is 5.12. The summed E-state index contributed by atoms with van der Waals surface area (Å²) in [6.45, 7) is 14.6. The summed E-state index contributed by atoms with van der Waals surface area (Å²) in [5, 5.41) is 36.0. The number of unbranched alkanes of at least 4 members (excludes halogenated alkanes) is 2. The van der Waals surface area contributed by atoms with E-state index < -0.39 is 28.8 Å². The minimum atomic E-state index is -1.44. The van der Waals surface area contributed by atoms with Crippen LogP contribution in [0.15, 0.2) is 90.1 Å². The SMILES string of the molecule is C=CCO[C@@]12Oc3ccc(Oc4ccc(C)c(C)c4)cc3[C@H]3[C@H](CCCCO)[C@@H](CCCCO)C=C(C(=NOCc4ccc([N+](=O)[O-])cc4)C[C@@H]1N(C)C(=O)OCC(C)(C)C)[C@H]32. The van der Waals surface area contributed by atoms with Gasteiger partial charge in [0.2, 0.25) is 5.79 Å². The Morgan fingerprint density at radius 1 is 1.00 bits per heavy atom. The summed E-state index contributed by atoms with van der Waals surface area (Å²) in [7, 11) is 1.70. The number of likely N-dealkylation sites (N-methyl/N-ethyl adjacent to an activating group) is 1. The van der Waals surface area contributed by atoms with Crippen LogP contribution in [-0.2, 0) is 20.9 Å². The average molecular weight is 854 g/mol. The highest BCUT2D eigenvalue weighted by Gasteiger charge is 2.65. The van der Waals surface area contributed by atoms with Gasteiger partial charge in [0.15, 0.2) is 0 Å². The van der Waals surface area contributed by atoms with Gasteiger partial charge in [-0.15, -0.1) is 6.58 Å². The zero-order chi connectivity index (χ0) is 44.6. The van der Waals surface area contributed by atoms with Crippen molar-refractivity contribution in [1.29, 1.82) is 0 Å². The van der Waals surface area contributed by atoms with Crippen molar-refractivity contribution in [3.63, 3.8) is 0 Å². The third kappa shape index (κ3) is 10.5. The lowest BCUT2D eigenvalue weighted by Gasteiger charge is -2.59. The molecule has 3 aliphatic rings. The van der Waals surface area contributed by atoms with Crippen LogP contribution in [0.4, 0.5) is 10.5 Å². The second-order valence-corrected chi connectivity index (χ2v) is 18.0. The van der Waals surface area contributed by atoms with Crippen LogP contribution in [0.2, 0.25) is 0 Å². The number of nitro benzene ring substituents is 1. The molecular formula is C49H63N3O10. The number of allylic oxidation sites excluding steroid dienone is 1. The van der Waals surface area contributed by atoms with Gasteiger partial charge in [0.05, 0.1) is 29.8 Å². The molecule has 6 rings (SSSR count). The first-order chi connectivity index (χ1) is 29.7. The van der Waals surface area contributed by atoms with Crippen molar-refractivity contribution >= 4 is 17.5 Å². The minimum absolute atomic E-state index is 0.0215. The third-order valence-electron chi connectivity index (χ3n) is 12.3. The largest absolute Gasteiger partial charge is 0.459 e. The predicted octanol–water partition coefficient (Wildman–Crippen LogP) is 9.95. The summed E-state index contributed by atoms with van der Waals surface area (Å²) in [6.07, 6.45) is 8.06. The fourth-order valence-corrected chi connectivity index (χ4v) is 9.11. The number of aryl methyl sites for hydroxylation is 2. The number of carbonyl (C=O) groups excluding carboxylic acids is 1. The van der Waals surface area contributed by atoms with Crippen LogP contribution in [0, 0.1) is 47.1 Å². The Morgan fingerprint density at radius 2 is 1.69 bits per heavy atom. The van der Waals surface area contributed by atoms with Gasteiger partial charge in [-0.3, -0.25) is 10.1 Å². The van der Waals surface area contributed by atoms with Crippen LogP contribution < -0.4 is 9.47 Å². The standard InChI is InChI=1S/C49H63N3O10/c1-8-25-59-49-44(51(7)47(55)58-31-48(4,5)6)29-42(50-60-30-34-16-18-36(19-17-34)52(56)57)40-27-35(13-9-11-23-53)39(14-10-12-24-54)45(46(40)49)41-28-38(21-22-43(41)62-49)61-37-20-15-32(2)33(3)26-37/h8,15-22,26-28,35,39,44-46,53-54H,1,9-14,23-25,29-31H2,2-7H3/t35-,39+,44-,45+,46+,49+/m0/s1. The molecule has 0 aromatic heterocycles. The summed E-state index contributed by atoms with van der Waals surface area (Å²) in [4.78, 5) is 32.7. The van der Waals surface area contributed by atoms with Crippen LogP contribution in [0.5, 0.6) is 17.2 Å². The van der Waals surface area contributed by atoms with Gasteiger partial charge in [0, 0.05) is 50.3 Å². The van der Waals surface area contributed by atoms with Crippen molar-refractivity contribution in [2.75, 3.05) is 33.5 Å². The Hall–Kier alpha value is -5.24. The quantitative estimate of drug-likeness (QED) is 0.0514. The Morgan fingerprint density at radius 3 is 2.35 bits per heavy atom. The molecule has 13 nitrogen and oxygen atoms in total. The molecule has 2 N–H and O–H groups in total. The normalized spacial score (nSPS) is 23.3. The van der Waals surface area contributed by atoms with Gasteiger partial charge in [-0.1, -0.05) is 57.0 Å². The van der Waals surface area contributed by atoms with Crippen molar-refractivity contribution in [3.8, 4) is 17.2 Å². The molecular weight excluding hydrogens is 791 g/mol. The Labute approximate surface area is 365 Å². The Bertz CT molecular complexity index is 2110. The Kier molecular flexibility index (Phi) is 15.1. The lowest BCUT2D eigenvalue weighted by molar-refractivity contribution is -0.384. The third-order valence-corrected chi connectivity index (χ3v) is 12.3. The molecule has 1 fully saturated rings. The summed E-state index contributed by atoms with van der Waals surface area (Å²) in [6, 6.07) is 17.3. The number of amides is 1. The van der Waals surface area contributed by atoms with Crippen LogP contribution >= 0.6 is 0 Å². The molecule has 6 atom stereocenters. The lowest BCUT2D eigenvalue weighted by atomic mass is 9.55. The maximum atomic E-state index is 14.1. The van der Waals surface area contributed by atoms with Gasteiger partial charge in [-0.25, -0.2) is 4.79 Å². The Balaban J connectivity index is 1.54. The van der Waals surface area contributed by atoms with E-state index in [1.54, 1.807) is 30.2 Å². The number of nitro groups is 1. The molecule has 3 aromatic carbocycles. The topological polar surface area (TPSA) is 162 Å². The highest BCUT2D eigenvalue weighted by Crippen LogP contribution is 2.62. The maximum Gasteiger partial charge on any atom is 0.410 e. The number of oxime groups is 1. The molecule has 2 aliphatic carbocycles. The van der Waals surface area contributed by atoms with Gasteiger partial charge >= 0.3 is 6.09 Å². The number of benzene rings is 3. The maximum absolute atomic E-state index is 14.1. The molecule has 1 aliphatic heterocycles. The van der Waals surface area contributed by atoms with Crippen LogP contribution in [0.1, 0.15) is 93.9 Å². The van der Waals surface area contributed by atoms with E-state index in [0.29, 0.717) is 41.4 Å². The fraction of sp³-hybridized carbons (Fsp3) is 0.510. The molecule has 62 heavy (non-hydrogen) atoms. The molecule has 334 valence electrons. The number of hydrogen-bond donors (Lipinski definition) is 2. The van der Waals surface area contributed by atoms with E-state index in [9.17, 15) is 25.1 Å². The summed E-state index contributed by atoms with van der Waals surface area (Å²) >= 11 is 0. The number of aliphatic hydroxyl groups excluding tert-OH is 2. The van der Waals surface area contributed by atoms with Crippen LogP contribution in [0.3, 0.4) is 0 Å². The first kappa shape index (κ1) is 46.3. The fourth-order valence-electron chi connectivity index (χ4n) is 9.11. The first-order valence-electron chi connectivity index (χ1n) is 21.8. The molecule has 1 saturated carbocycles. The van der Waals surface area contributed by atoms with Gasteiger partial charge < -0.3 is 38.9 Å². The van der Waals surface area contributed by atoms with E-state index >= 15 is 0 Å². The molecule has 3 aromatic rings. The molecule has 13 heteroatoms. The van der Waals surface area contributed by atoms with Crippen LogP contribution in [0.25, 0.3) is 0 Å². The predicted molar refractivity (Wildman–Crippen MR) is 237 cm³/mol. The van der Waals surface area contributed by atoms with Crippen molar-refractivity contribution in [2.45, 2.75) is 104 Å². The monoisotopic (exact) mass is 853 g/mol. The van der Waals surface area contributed by atoms with Crippen molar-refractivity contribution in [1.82, 2.24) is 4.90 Å². The summed E-state index contributed by atoms with van der Waals surface area (Å²) < 4.78 is 26.7. The first-order valence-corrected chi connectivity index (χ1v) is 21.8. The molecule has 0 unspecified atom stereocenters. The number of ether oxygens (including phenoxy) is 4. The molecule has 0 radical (unpaired) electrons. The van der Waals surface area contributed by atoms with Gasteiger partial charge in [0.25, 0.3) is 5.69 Å². The van der Waals surface area contributed by atoms with Gasteiger partial charge in [-0.2, -0.15) is 0 Å². The summed E-state index contributed by atoms with van der Waals surface area (Å²) in [5.74, 6) is -0.160. The second-order valence-electron chi connectivity index (χ2n) is 18.0. The smallest absolute Gasteiger partial charge is 0.410 e. The second kappa shape index (κ2) is 20.3. The number of carbonyl (C=O) groups is 1. The highest BCUT2D eigenvalue weighted by atomic mass is 16.7. The van der Waals surface area contributed by atoms with E-state index in [2.05, 4.69) is 32.6 Å². The van der Waals surface area contributed by atoms with Crippen LogP contribution in [-0.4, -0.2) is 77.1 Å². The van der Waals surface area contributed by atoms with Crippen molar-refractivity contribution in [3.05, 3.63) is 117 Å². The minimum Gasteiger partial charge on any atom is -0.459 e. The lowest BCUT2D eigenvalue weighted by Crippen LogP contribution is -2.69. The highest BCUT2D eigenvalue weighted by molar-refractivity contribution is 6.03. The zero-order valence-corrected chi connectivity index (χ0v) is 37.0. The number of nitrogens with zero attached hydrogens (tertiary/aromatic N) is 3. The van der Waals surface area contributed by atoms with E-state index in [0.717, 1.165) is 42.4 Å². The number of rotatable bonds is 19. The molecule has 1 heterocycles. The van der Waals surface area contributed by atoms with E-state index in [1.165, 1.54) is 17.7 Å². The molecule has 0 spiro atoms. The average Bonchev–Trinajstić information content (AvgIpc) is 3.24. The van der Waals surface area contributed by atoms with Crippen molar-refractivity contribution < 1.29 is 43.7 Å². The van der Waals surface area contributed by atoms with Gasteiger partial charge in [0.1, 0.15) is 29.9 Å². The molecule has 1 amide bonds. The van der Waals surface area contributed by atoms with Crippen molar-refractivity contribution in [2.24, 2.45) is 28.3 Å². The van der Waals surface area contributed by atoms with E-state index in [1.807, 2.05) is 51.1 Å². The van der Waals surface area contributed by atoms with E-state index in [4.69, 9.17) is 28.9 Å². The number of non-ortho nitro benzene ring substituents is 1. The number of aliphatic hydroxyl groups is 2. The number of fused-ring (bicyclic) bond motifs is 2. The van der Waals surface area contributed by atoms with Gasteiger partial charge in [-0.05, 0) is 122 Å². The molecule has 0 saturated heterocycles. The number of hydrogen-bond acceptors (Lipinski definition) is 11. The molecule has 0 bridgehead atoms. The van der Waals surface area contributed by atoms with E-state index in [-0.39, 0.29) is 68.3 Å².